The Morgan fingerprint density at radius 1 is 1.09 bits per heavy atom. The Labute approximate surface area is 188 Å². The van der Waals surface area contributed by atoms with Crippen LogP contribution in [0.5, 0.6) is 0 Å². The van der Waals surface area contributed by atoms with Crippen LogP contribution in [0.4, 0.5) is 19.3 Å². The van der Waals surface area contributed by atoms with E-state index in [1.165, 1.54) is 42.2 Å². The summed E-state index contributed by atoms with van der Waals surface area (Å²) in [7, 11) is 0. The van der Waals surface area contributed by atoms with Crippen LogP contribution < -0.4 is 10.2 Å². The summed E-state index contributed by atoms with van der Waals surface area (Å²) in [4.78, 5) is 40.6. The number of hydrogen-bond donors (Lipinski definition) is 2. The normalized spacial score (nSPS) is 18.9. The zero-order valence-electron chi connectivity index (χ0n) is 17.7. The Morgan fingerprint density at radius 3 is 2.36 bits per heavy atom. The number of benzene rings is 2. The third kappa shape index (κ3) is 4.17. The number of carboxylic acid groups (broad SMARTS) is 1. The van der Waals surface area contributed by atoms with E-state index in [1.807, 2.05) is 0 Å². The van der Waals surface area contributed by atoms with Crippen molar-refractivity contribution < 1.29 is 33.0 Å². The molecule has 2 heterocycles. The zero-order valence-corrected chi connectivity index (χ0v) is 17.7. The lowest BCUT2D eigenvalue weighted by Gasteiger charge is -2.38. The topological polar surface area (TPSA) is 99.2 Å². The minimum atomic E-state index is -1.37. The Hall–Kier alpha value is -3.79. The molecule has 2 N–H and O–H groups in total. The number of anilines is 1. The average Bonchev–Trinajstić information content (AvgIpc) is 2.79. The quantitative estimate of drug-likeness (QED) is 0.735. The smallest absolute Gasteiger partial charge is 0.335 e. The van der Waals surface area contributed by atoms with E-state index in [2.05, 4.69) is 5.32 Å². The molecule has 0 bridgehead atoms. The van der Waals surface area contributed by atoms with Crippen LogP contribution in [0.1, 0.15) is 28.9 Å². The number of aromatic carboxylic acids is 1. The number of nitrogens with zero attached hydrogens (tertiary/aromatic N) is 2. The lowest BCUT2D eigenvalue weighted by atomic mass is 9.92. The zero-order chi connectivity index (χ0) is 23.7. The summed E-state index contributed by atoms with van der Waals surface area (Å²) < 4.78 is 34.7. The monoisotopic (exact) mass is 457 g/mol. The Morgan fingerprint density at radius 2 is 1.73 bits per heavy atom. The Bertz CT molecular complexity index is 1140. The summed E-state index contributed by atoms with van der Waals surface area (Å²) >= 11 is 0. The summed E-state index contributed by atoms with van der Waals surface area (Å²) in [6.45, 7) is 2.68. The molecular formula is C23H21F2N3O5. The second-order valence-corrected chi connectivity index (χ2v) is 7.61. The van der Waals surface area contributed by atoms with Crippen molar-refractivity contribution in [1.82, 2.24) is 10.2 Å². The molecular weight excluding hydrogens is 436 g/mol. The van der Waals surface area contributed by atoms with Gasteiger partial charge in [-0.15, -0.1) is 0 Å². The van der Waals surface area contributed by atoms with Crippen molar-refractivity contribution in [3.63, 3.8) is 0 Å². The second-order valence-electron chi connectivity index (χ2n) is 7.61. The largest absolute Gasteiger partial charge is 0.478 e. The molecule has 1 saturated heterocycles. The van der Waals surface area contributed by atoms with Crippen LogP contribution in [0, 0.1) is 11.6 Å². The van der Waals surface area contributed by atoms with E-state index in [0.29, 0.717) is 13.2 Å². The van der Waals surface area contributed by atoms with Crippen LogP contribution >= 0.6 is 0 Å². The molecule has 2 aromatic rings. The van der Waals surface area contributed by atoms with Crippen LogP contribution in [0.25, 0.3) is 0 Å². The first kappa shape index (κ1) is 22.4. The van der Waals surface area contributed by atoms with Crippen LogP contribution in [-0.2, 0) is 9.53 Å². The van der Waals surface area contributed by atoms with Gasteiger partial charge in [-0.25, -0.2) is 18.4 Å². The maximum Gasteiger partial charge on any atom is 0.335 e. The maximum absolute atomic E-state index is 14.7. The van der Waals surface area contributed by atoms with Gasteiger partial charge in [-0.2, -0.15) is 0 Å². The van der Waals surface area contributed by atoms with Gasteiger partial charge in [0, 0.05) is 18.8 Å². The van der Waals surface area contributed by atoms with Crippen molar-refractivity contribution in [2.24, 2.45) is 0 Å². The Balaban J connectivity index is 1.88. The first-order valence-electron chi connectivity index (χ1n) is 10.2. The van der Waals surface area contributed by atoms with Gasteiger partial charge in [0.15, 0.2) is 0 Å². The van der Waals surface area contributed by atoms with E-state index in [0.717, 1.165) is 17.0 Å². The minimum absolute atomic E-state index is 0.0128. The van der Waals surface area contributed by atoms with Crippen molar-refractivity contribution in [3.05, 3.63) is 76.5 Å². The molecule has 4 rings (SSSR count). The second kappa shape index (κ2) is 8.99. The molecule has 1 fully saturated rings. The Kier molecular flexibility index (Phi) is 6.10. The SMILES string of the molecule is CC1=C(C(=O)N2CCOCC2)C(c2c(F)cccc2F)NC(=O)N1c1cccc(C(=O)O)c1. The molecule has 0 saturated carbocycles. The number of amides is 3. The van der Waals surface area contributed by atoms with Gasteiger partial charge in [-0.3, -0.25) is 9.69 Å². The number of carbonyl (C=O) groups excluding carboxylic acids is 2. The van der Waals surface area contributed by atoms with E-state index in [9.17, 15) is 28.3 Å². The van der Waals surface area contributed by atoms with Gasteiger partial charge in [-0.05, 0) is 37.3 Å². The third-order valence-corrected chi connectivity index (χ3v) is 5.65. The number of ether oxygens (including phenoxy) is 1. The highest BCUT2D eigenvalue weighted by molar-refractivity contribution is 6.05. The van der Waals surface area contributed by atoms with Gasteiger partial charge < -0.3 is 20.1 Å². The third-order valence-electron chi connectivity index (χ3n) is 5.65. The highest BCUT2D eigenvalue weighted by atomic mass is 19.1. The van der Waals surface area contributed by atoms with Crippen molar-refractivity contribution in [2.75, 3.05) is 31.2 Å². The number of urea groups is 1. The predicted molar refractivity (Wildman–Crippen MR) is 114 cm³/mol. The van der Waals surface area contributed by atoms with Gasteiger partial charge in [0.1, 0.15) is 11.6 Å². The highest BCUT2D eigenvalue weighted by Crippen LogP contribution is 2.36. The number of carboxylic acids is 1. The molecule has 1 unspecified atom stereocenters. The standard InChI is InChI=1S/C23H21F2N3O5/c1-13-18(21(29)27-8-10-33-11-9-27)20(19-16(24)6-3-7-17(19)25)26-23(32)28(13)15-5-2-4-14(12-15)22(30)31/h2-7,12,20H,8-11H2,1H3,(H,26,32)(H,30,31). The lowest BCUT2D eigenvalue weighted by molar-refractivity contribution is -0.131. The van der Waals surface area contributed by atoms with Crippen LogP contribution in [-0.4, -0.2) is 54.2 Å². The minimum Gasteiger partial charge on any atom is -0.478 e. The van der Waals surface area contributed by atoms with Crippen molar-refractivity contribution in [2.45, 2.75) is 13.0 Å². The van der Waals surface area contributed by atoms with Crippen LogP contribution in [0.3, 0.4) is 0 Å². The maximum atomic E-state index is 14.7. The van der Waals surface area contributed by atoms with E-state index >= 15 is 0 Å². The fourth-order valence-corrected chi connectivity index (χ4v) is 4.05. The number of morpholine rings is 1. The molecule has 33 heavy (non-hydrogen) atoms. The summed E-state index contributed by atoms with van der Waals surface area (Å²) in [5.41, 5.74) is -0.173. The molecule has 1 atom stereocenters. The molecule has 0 spiro atoms. The molecule has 10 heteroatoms. The molecule has 8 nitrogen and oxygen atoms in total. The fourth-order valence-electron chi connectivity index (χ4n) is 4.05. The number of hydrogen-bond acceptors (Lipinski definition) is 4. The average molecular weight is 457 g/mol. The number of halogens is 2. The summed E-state index contributed by atoms with van der Waals surface area (Å²) in [5, 5.41) is 11.8. The first-order valence-corrected chi connectivity index (χ1v) is 10.2. The summed E-state index contributed by atoms with van der Waals surface area (Å²) in [6.07, 6.45) is 0. The number of carbonyl (C=O) groups is 3. The number of allylic oxidation sites excluding steroid dienone is 1. The first-order chi connectivity index (χ1) is 15.8. The van der Waals surface area contributed by atoms with Gasteiger partial charge in [0.25, 0.3) is 5.91 Å². The fraction of sp³-hybridized carbons (Fsp3) is 0.261. The highest BCUT2D eigenvalue weighted by Gasteiger charge is 2.40. The molecule has 2 aromatic carbocycles. The molecule has 2 aliphatic heterocycles. The summed E-state index contributed by atoms with van der Waals surface area (Å²) in [5.74, 6) is -3.49. The van der Waals surface area contributed by atoms with Gasteiger partial charge in [0.2, 0.25) is 0 Å². The van der Waals surface area contributed by atoms with Crippen molar-refractivity contribution in [1.29, 1.82) is 0 Å². The number of nitrogens with one attached hydrogen (secondary N) is 1. The van der Waals surface area contributed by atoms with E-state index in [1.54, 1.807) is 0 Å². The molecule has 2 aliphatic rings. The van der Waals surface area contributed by atoms with Gasteiger partial charge >= 0.3 is 12.0 Å². The van der Waals surface area contributed by atoms with E-state index < -0.39 is 41.1 Å². The lowest BCUT2D eigenvalue weighted by Crippen LogP contribution is -2.51. The molecule has 0 aliphatic carbocycles. The molecule has 172 valence electrons. The van der Waals surface area contributed by atoms with Crippen molar-refractivity contribution >= 4 is 23.6 Å². The van der Waals surface area contributed by atoms with E-state index in [4.69, 9.17) is 4.74 Å². The van der Waals surface area contributed by atoms with Crippen molar-refractivity contribution in [3.8, 4) is 0 Å². The molecule has 3 amide bonds. The van der Waals surface area contributed by atoms with Crippen LogP contribution in [0.2, 0.25) is 0 Å². The van der Waals surface area contributed by atoms with Crippen LogP contribution in [0.15, 0.2) is 53.7 Å². The molecule has 0 aromatic heterocycles. The van der Waals surface area contributed by atoms with Gasteiger partial charge in [0.05, 0.1) is 41.6 Å². The predicted octanol–water partition coefficient (Wildman–Crippen LogP) is 3.07. The number of rotatable bonds is 4. The summed E-state index contributed by atoms with van der Waals surface area (Å²) in [6, 6.07) is 6.81. The molecule has 0 radical (unpaired) electrons. The van der Waals surface area contributed by atoms with Gasteiger partial charge in [-0.1, -0.05) is 12.1 Å². The van der Waals surface area contributed by atoms with E-state index in [-0.39, 0.29) is 35.6 Å².